The Bertz CT molecular complexity index is 76.5. The number of hydrogen-bond acceptors (Lipinski definition) is 3. The minimum Gasteiger partial charge on any atom is -0.328 e. The first kappa shape index (κ1) is 13.2. The summed E-state index contributed by atoms with van der Waals surface area (Å²) in [5.74, 6) is 0. The van der Waals surface area contributed by atoms with Gasteiger partial charge in [-0.2, -0.15) is 0 Å². The number of rotatable bonds is 4. The molecule has 11 heavy (non-hydrogen) atoms. The molecular weight excluding hydrogens is 140 g/mol. The average Bonchev–Trinajstić information content (AvgIpc) is 2.02. The van der Waals surface area contributed by atoms with Crippen LogP contribution in [0.1, 0.15) is 26.7 Å². The Morgan fingerprint density at radius 1 is 1.64 bits per heavy atom. The van der Waals surface area contributed by atoms with Crippen molar-refractivity contribution in [2.75, 3.05) is 13.6 Å². The molecule has 0 aromatic heterocycles. The van der Waals surface area contributed by atoms with Crippen LogP contribution in [0.25, 0.3) is 0 Å². The summed E-state index contributed by atoms with van der Waals surface area (Å²) in [7, 11) is 1.95. The molecule has 68 valence electrons. The lowest BCUT2D eigenvalue weighted by Gasteiger charge is -2.05. The third kappa shape index (κ3) is 17.7. The Morgan fingerprint density at radius 3 is 2.36 bits per heavy atom. The molecule has 0 aromatic rings. The van der Waals surface area contributed by atoms with Gasteiger partial charge in [-0.25, -0.2) is 0 Å². The zero-order chi connectivity index (χ0) is 9.11. The molecule has 0 rings (SSSR count). The maximum atomic E-state index is 8.81. The van der Waals surface area contributed by atoms with Crippen molar-refractivity contribution >= 4 is 6.29 Å². The van der Waals surface area contributed by atoms with E-state index in [1.54, 1.807) is 0 Å². The van der Waals surface area contributed by atoms with Crippen molar-refractivity contribution in [2.24, 2.45) is 5.73 Å². The van der Waals surface area contributed by atoms with E-state index in [1.165, 1.54) is 6.92 Å². The highest BCUT2D eigenvalue weighted by Gasteiger charge is 1.94. The van der Waals surface area contributed by atoms with Crippen molar-refractivity contribution in [3.63, 3.8) is 0 Å². The number of carbonyl (C=O) groups excluding carboxylic acids is 1. The van der Waals surface area contributed by atoms with Gasteiger partial charge in [-0.1, -0.05) is 6.92 Å². The second kappa shape index (κ2) is 12.3. The molecule has 0 radical (unpaired) electrons. The van der Waals surface area contributed by atoms with Gasteiger partial charge in [0.05, 0.1) is 0 Å². The fourth-order valence-corrected chi connectivity index (χ4v) is 0.534. The first-order valence-electron chi connectivity index (χ1n) is 4.02. The van der Waals surface area contributed by atoms with E-state index in [9.17, 15) is 0 Å². The van der Waals surface area contributed by atoms with E-state index in [-0.39, 0.29) is 0 Å². The lowest BCUT2D eigenvalue weighted by molar-refractivity contribution is -0.106. The summed E-state index contributed by atoms with van der Waals surface area (Å²) in [6.45, 7) is 4.59. The third-order valence-electron chi connectivity index (χ3n) is 1.29. The summed E-state index contributed by atoms with van der Waals surface area (Å²) in [5.41, 5.74) is 5.62. The van der Waals surface area contributed by atoms with Crippen LogP contribution in [-0.4, -0.2) is 25.9 Å². The Labute approximate surface area is 69.4 Å². The molecular formula is C8H20N2O. The maximum absolute atomic E-state index is 8.81. The van der Waals surface area contributed by atoms with E-state index >= 15 is 0 Å². The van der Waals surface area contributed by atoms with Crippen LogP contribution in [0.2, 0.25) is 0 Å². The van der Waals surface area contributed by atoms with E-state index in [4.69, 9.17) is 10.5 Å². The highest BCUT2D eigenvalue weighted by Crippen LogP contribution is 1.89. The van der Waals surface area contributed by atoms with Crippen LogP contribution in [-0.2, 0) is 4.79 Å². The molecule has 0 aliphatic rings. The van der Waals surface area contributed by atoms with Crippen LogP contribution in [0.5, 0.6) is 0 Å². The summed E-state index contributed by atoms with van der Waals surface area (Å²) in [4.78, 5) is 8.81. The minimum absolute atomic E-state index is 0.391. The monoisotopic (exact) mass is 160 g/mol. The van der Waals surface area contributed by atoms with Crippen LogP contribution in [0.15, 0.2) is 0 Å². The fraction of sp³-hybridized carbons (Fsp3) is 0.875. The Balaban J connectivity index is 0. The van der Waals surface area contributed by atoms with Crippen LogP contribution >= 0.6 is 0 Å². The summed E-state index contributed by atoms with van der Waals surface area (Å²) in [6.07, 6.45) is 2.93. The largest absolute Gasteiger partial charge is 0.328 e. The van der Waals surface area contributed by atoms with E-state index in [0.29, 0.717) is 6.04 Å². The maximum Gasteiger partial charge on any atom is 0.116 e. The summed E-state index contributed by atoms with van der Waals surface area (Å²) in [6, 6.07) is 0.391. The molecule has 3 heteroatoms. The van der Waals surface area contributed by atoms with Crippen molar-refractivity contribution in [3.05, 3.63) is 0 Å². The second-order valence-corrected chi connectivity index (χ2v) is 2.30. The van der Waals surface area contributed by atoms with E-state index in [2.05, 4.69) is 12.2 Å². The molecule has 0 aliphatic carbocycles. The van der Waals surface area contributed by atoms with Gasteiger partial charge in [0.15, 0.2) is 0 Å². The second-order valence-electron chi connectivity index (χ2n) is 2.30. The molecule has 0 bridgehead atoms. The molecule has 0 amide bonds. The quantitative estimate of drug-likeness (QED) is 0.590. The highest BCUT2D eigenvalue weighted by molar-refractivity contribution is 5.44. The number of nitrogens with one attached hydrogen (secondary N) is 1. The number of nitrogens with two attached hydrogens (primary N) is 1. The summed E-state index contributed by atoms with van der Waals surface area (Å²) < 4.78 is 0. The van der Waals surface area contributed by atoms with Crippen LogP contribution < -0.4 is 11.1 Å². The van der Waals surface area contributed by atoms with E-state index in [0.717, 1.165) is 25.7 Å². The Morgan fingerprint density at radius 2 is 2.09 bits per heavy atom. The molecule has 3 nitrogen and oxygen atoms in total. The lowest BCUT2D eigenvalue weighted by Crippen LogP contribution is -2.23. The SMILES string of the molecule is CC=O.CCC(N)CCNC. The van der Waals surface area contributed by atoms with Gasteiger partial charge in [0.25, 0.3) is 0 Å². The Hall–Kier alpha value is -0.410. The van der Waals surface area contributed by atoms with Gasteiger partial charge in [0, 0.05) is 6.04 Å². The normalized spacial score (nSPS) is 11.3. The molecule has 0 aliphatic heterocycles. The first-order valence-corrected chi connectivity index (χ1v) is 4.02. The zero-order valence-electron chi connectivity index (χ0n) is 7.76. The summed E-state index contributed by atoms with van der Waals surface area (Å²) in [5, 5.41) is 3.05. The minimum atomic E-state index is 0.391. The Kier molecular flexibility index (Phi) is 14.7. The first-order chi connectivity index (χ1) is 5.22. The van der Waals surface area contributed by atoms with Gasteiger partial charge in [0.2, 0.25) is 0 Å². The van der Waals surface area contributed by atoms with Crippen molar-refractivity contribution < 1.29 is 4.79 Å². The van der Waals surface area contributed by atoms with Crippen LogP contribution in [0.4, 0.5) is 0 Å². The highest BCUT2D eigenvalue weighted by atomic mass is 16.1. The molecule has 1 atom stereocenters. The molecule has 1 unspecified atom stereocenters. The zero-order valence-corrected chi connectivity index (χ0v) is 7.76. The number of carbonyl (C=O) groups is 1. The molecule has 0 saturated carbocycles. The summed E-state index contributed by atoms with van der Waals surface area (Å²) >= 11 is 0. The van der Waals surface area contributed by atoms with Crippen molar-refractivity contribution in [2.45, 2.75) is 32.7 Å². The topological polar surface area (TPSA) is 55.1 Å². The van der Waals surface area contributed by atoms with Crippen molar-refractivity contribution in [1.29, 1.82) is 0 Å². The third-order valence-corrected chi connectivity index (χ3v) is 1.29. The van der Waals surface area contributed by atoms with Crippen LogP contribution in [0, 0.1) is 0 Å². The number of aldehydes is 1. The van der Waals surface area contributed by atoms with Gasteiger partial charge < -0.3 is 15.8 Å². The van der Waals surface area contributed by atoms with Gasteiger partial charge in [-0.15, -0.1) is 0 Å². The van der Waals surface area contributed by atoms with Gasteiger partial charge >= 0.3 is 0 Å². The van der Waals surface area contributed by atoms with Gasteiger partial charge in [-0.05, 0) is 33.4 Å². The van der Waals surface area contributed by atoms with Crippen molar-refractivity contribution in [3.8, 4) is 0 Å². The van der Waals surface area contributed by atoms with E-state index in [1.807, 2.05) is 7.05 Å². The fourth-order valence-electron chi connectivity index (χ4n) is 0.534. The number of hydrogen-bond donors (Lipinski definition) is 2. The van der Waals surface area contributed by atoms with Crippen molar-refractivity contribution in [1.82, 2.24) is 5.32 Å². The molecule has 3 N–H and O–H groups in total. The predicted molar refractivity (Wildman–Crippen MR) is 48.5 cm³/mol. The molecule has 0 fully saturated rings. The molecule has 0 spiro atoms. The smallest absolute Gasteiger partial charge is 0.116 e. The molecule has 0 saturated heterocycles. The molecule has 0 heterocycles. The molecule has 0 aromatic carbocycles. The predicted octanol–water partition coefficient (Wildman–Crippen LogP) is 0.538. The van der Waals surface area contributed by atoms with E-state index < -0.39 is 0 Å². The average molecular weight is 160 g/mol. The standard InChI is InChI=1S/C6H16N2.C2H4O/c1-3-6(7)4-5-8-2;1-2-3/h6,8H,3-5,7H2,1-2H3;2H,1H3. The van der Waals surface area contributed by atoms with Gasteiger partial charge in [-0.3, -0.25) is 0 Å². The van der Waals surface area contributed by atoms with Gasteiger partial charge in [0.1, 0.15) is 6.29 Å². The lowest BCUT2D eigenvalue weighted by atomic mass is 10.2. The van der Waals surface area contributed by atoms with Crippen LogP contribution in [0.3, 0.4) is 0 Å².